The van der Waals surface area contributed by atoms with Gasteiger partial charge in [-0.15, -0.1) is 0 Å². The number of anilines is 2. The Morgan fingerprint density at radius 2 is 1.62 bits per heavy atom. The molecule has 0 aliphatic heterocycles. The van der Waals surface area contributed by atoms with Crippen molar-refractivity contribution in [3.05, 3.63) is 57.1 Å². The molecule has 0 bridgehead atoms. The lowest BCUT2D eigenvalue weighted by atomic mass is 10.1. The van der Waals surface area contributed by atoms with E-state index in [2.05, 4.69) is 21.2 Å². The summed E-state index contributed by atoms with van der Waals surface area (Å²) >= 11 is 3.40. The van der Waals surface area contributed by atoms with E-state index in [9.17, 15) is 13.2 Å². The lowest BCUT2D eigenvalue weighted by Gasteiger charge is -2.23. The molecule has 0 radical (unpaired) electrons. The summed E-state index contributed by atoms with van der Waals surface area (Å²) in [6.07, 6.45) is 1.10. The van der Waals surface area contributed by atoms with Crippen LogP contribution < -0.4 is 9.62 Å². The zero-order chi connectivity index (χ0) is 19.6. The minimum atomic E-state index is -3.60. The Morgan fingerprint density at radius 1 is 1.04 bits per heavy atom. The van der Waals surface area contributed by atoms with Crippen LogP contribution in [0, 0.1) is 27.7 Å². The minimum Gasteiger partial charge on any atom is -0.324 e. The number of carbonyl (C=O) groups excluding carboxylic acids is 1. The highest BCUT2D eigenvalue weighted by molar-refractivity contribution is 9.10. The van der Waals surface area contributed by atoms with E-state index in [1.807, 2.05) is 39.8 Å². The van der Waals surface area contributed by atoms with Gasteiger partial charge in [0.15, 0.2) is 0 Å². The zero-order valence-corrected chi connectivity index (χ0v) is 18.0. The summed E-state index contributed by atoms with van der Waals surface area (Å²) < 4.78 is 26.4. The fraction of sp³-hybridized carbons (Fsp3) is 0.316. The highest BCUT2D eigenvalue weighted by atomic mass is 79.9. The molecule has 0 saturated heterocycles. The summed E-state index contributed by atoms with van der Waals surface area (Å²) in [5.74, 6) is -0.383. The van der Waals surface area contributed by atoms with E-state index in [0.29, 0.717) is 5.69 Å². The molecule has 0 unspecified atom stereocenters. The molecular weight excluding hydrogens is 416 g/mol. The number of hydrogen-bond acceptors (Lipinski definition) is 3. The Balaban J connectivity index is 2.29. The molecule has 0 aliphatic carbocycles. The lowest BCUT2D eigenvalue weighted by molar-refractivity contribution is -0.114. The predicted octanol–water partition coefficient (Wildman–Crippen LogP) is 4.09. The molecule has 7 heteroatoms. The third-order valence-corrected chi connectivity index (χ3v) is 6.09. The van der Waals surface area contributed by atoms with Gasteiger partial charge in [-0.2, -0.15) is 0 Å². The highest BCUT2D eigenvalue weighted by Crippen LogP contribution is 2.25. The molecule has 0 saturated carbocycles. The molecule has 0 aliphatic rings. The largest absolute Gasteiger partial charge is 0.324 e. The number of aryl methyl sites for hydroxylation is 4. The molecule has 26 heavy (non-hydrogen) atoms. The number of carbonyl (C=O) groups is 1. The Morgan fingerprint density at radius 3 is 2.12 bits per heavy atom. The van der Waals surface area contributed by atoms with Gasteiger partial charge < -0.3 is 5.32 Å². The van der Waals surface area contributed by atoms with Crippen LogP contribution in [-0.2, 0) is 14.8 Å². The Hall–Kier alpha value is -1.86. The van der Waals surface area contributed by atoms with Gasteiger partial charge >= 0.3 is 0 Å². The van der Waals surface area contributed by atoms with Gasteiger partial charge in [-0.05, 0) is 62.6 Å². The molecule has 2 aromatic carbocycles. The third-order valence-electron chi connectivity index (χ3n) is 4.06. The molecule has 0 fully saturated rings. The first-order valence-corrected chi connectivity index (χ1v) is 10.7. The normalized spacial score (nSPS) is 11.3. The predicted molar refractivity (Wildman–Crippen MR) is 110 cm³/mol. The Labute approximate surface area is 163 Å². The van der Waals surface area contributed by atoms with Crippen molar-refractivity contribution in [2.45, 2.75) is 27.7 Å². The summed E-state index contributed by atoms with van der Waals surface area (Å²) in [7, 11) is -3.60. The van der Waals surface area contributed by atoms with Crippen molar-refractivity contribution in [3.63, 3.8) is 0 Å². The average Bonchev–Trinajstić information content (AvgIpc) is 2.50. The van der Waals surface area contributed by atoms with Gasteiger partial charge in [0, 0.05) is 10.2 Å². The molecule has 0 heterocycles. The minimum absolute atomic E-state index is 0.285. The van der Waals surface area contributed by atoms with Crippen LogP contribution in [-0.4, -0.2) is 27.1 Å². The lowest BCUT2D eigenvalue weighted by Crippen LogP contribution is -2.37. The molecule has 2 aromatic rings. The second kappa shape index (κ2) is 7.80. The van der Waals surface area contributed by atoms with Crippen molar-refractivity contribution < 1.29 is 13.2 Å². The van der Waals surface area contributed by atoms with Gasteiger partial charge in [-0.3, -0.25) is 9.10 Å². The number of sulfonamides is 1. The van der Waals surface area contributed by atoms with Gasteiger partial charge in [-0.25, -0.2) is 8.42 Å². The van der Waals surface area contributed by atoms with Crippen LogP contribution in [0.1, 0.15) is 22.3 Å². The number of benzene rings is 2. The first-order chi connectivity index (χ1) is 12.0. The average molecular weight is 439 g/mol. The number of nitrogens with zero attached hydrogens (tertiary/aromatic N) is 1. The molecule has 1 amide bonds. The SMILES string of the molecule is Cc1cc(C)c(NC(=O)CN(c2ccc(Br)c(C)c2)S(C)(=O)=O)c(C)c1. The van der Waals surface area contributed by atoms with Gasteiger partial charge in [-0.1, -0.05) is 33.6 Å². The van der Waals surface area contributed by atoms with Gasteiger partial charge in [0.1, 0.15) is 6.54 Å². The molecule has 1 N–H and O–H groups in total. The smallest absolute Gasteiger partial charge is 0.245 e. The fourth-order valence-electron chi connectivity index (χ4n) is 2.87. The van der Waals surface area contributed by atoms with E-state index in [1.165, 1.54) is 0 Å². The second-order valence-corrected chi connectivity index (χ2v) is 9.29. The summed E-state index contributed by atoms with van der Waals surface area (Å²) in [5, 5.41) is 2.85. The van der Waals surface area contributed by atoms with Crippen molar-refractivity contribution in [2.75, 3.05) is 22.4 Å². The van der Waals surface area contributed by atoms with Crippen molar-refractivity contribution >= 4 is 43.2 Å². The van der Waals surface area contributed by atoms with E-state index in [1.54, 1.807) is 18.2 Å². The topological polar surface area (TPSA) is 66.5 Å². The zero-order valence-electron chi connectivity index (χ0n) is 15.6. The molecule has 2 rings (SSSR count). The maximum absolute atomic E-state index is 12.6. The van der Waals surface area contributed by atoms with Gasteiger partial charge in [0.2, 0.25) is 15.9 Å². The van der Waals surface area contributed by atoms with Crippen molar-refractivity contribution in [3.8, 4) is 0 Å². The van der Waals surface area contributed by atoms with Crippen molar-refractivity contribution in [1.29, 1.82) is 0 Å². The van der Waals surface area contributed by atoms with E-state index in [0.717, 1.165) is 43.0 Å². The Kier molecular flexibility index (Phi) is 6.13. The first kappa shape index (κ1) is 20.5. The van der Waals surface area contributed by atoms with Crippen LogP contribution in [0.4, 0.5) is 11.4 Å². The van der Waals surface area contributed by atoms with E-state index in [4.69, 9.17) is 0 Å². The highest BCUT2D eigenvalue weighted by Gasteiger charge is 2.22. The van der Waals surface area contributed by atoms with Crippen LogP contribution in [0.3, 0.4) is 0 Å². The summed E-state index contributed by atoms with van der Waals surface area (Å²) in [6, 6.07) is 9.15. The number of hydrogen-bond donors (Lipinski definition) is 1. The fourth-order valence-corrected chi connectivity index (χ4v) is 3.97. The monoisotopic (exact) mass is 438 g/mol. The van der Waals surface area contributed by atoms with Gasteiger partial charge in [0.05, 0.1) is 11.9 Å². The number of halogens is 1. The van der Waals surface area contributed by atoms with Crippen molar-refractivity contribution in [1.82, 2.24) is 0 Å². The van der Waals surface area contributed by atoms with Crippen LogP contribution in [0.5, 0.6) is 0 Å². The number of rotatable bonds is 5. The molecule has 140 valence electrons. The second-order valence-electron chi connectivity index (χ2n) is 6.53. The number of amides is 1. The van der Waals surface area contributed by atoms with Gasteiger partial charge in [0.25, 0.3) is 0 Å². The molecule has 0 atom stereocenters. The van der Waals surface area contributed by atoms with Crippen LogP contribution in [0.2, 0.25) is 0 Å². The van der Waals surface area contributed by atoms with Crippen LogP contribution >= 0.6 is 15.9 Å². The van der Waals surface area contributed by atoms with Crippen LogP contribution in [0.15, 0.2) is 34.8 Å². The maximum Gasteiger partial charge on any atom is 0.245 e. The molecule has 0 aromatic heterocycles. The standard InChI is InChI=1S/C19H23BrN2O3S/c1-12-8-14(3)19(15(4)9-12)21-18(23)11-22(26(5,24)25)16-6-7-17(20)13(2)10-16/h6-10H,11H2,1-5H3,(H,21,23). The summed E-state index contributed by atoms with van der Waals surface area (Å²) in [6.45, 7) is 7.41. The van der Waals surface area contributed by atoms with Crippen molar-refractivity contribution in [2.24, 2.45) is 0 Å². The summed E-state index contributed by atoms with van der Waals surface area (Å²) in [5.41, 5.74) is 5.08. The molecule has 5 nitrogen and oxygen atoms in total. The maximum atomic E-state index is 12.6. The van der Waals surface area contributed by atoms with E-state index in [-0.39, 0.29) is 12.5 Å². The van der Waals surface area contributed by atoms with E-state index >= 15 is 0 Å². The first-order valence-electron chi connectivity index (χ1n) is 8.10. The molecular formula is C19H23BrN2O3S. The van der Waals surface area contributed by atoms with E-state index < -0.39 is 10.0 Å². The summed E-state index contributed by atoms with van der Waals surface area (Å²) in [4.78, 5) is 12.6. The third kappa shape index (κ3) is 4.86. The molecule has 0 spiro atoms. The van der Waals surface area contributed by atoms with Crippen LogP contribution in [0.25, 0.3) is 0 Å². The Bertz CT molecular complexity index is 932. The number of nitrogens with one attached hydrogen (secondary N) is 1. The quantitative estimate of drug-likeness (QED) is 0.764.